The van der Waals surface area contributed by atoms with Gasteiger partial charge in [-0.15, -0.1) is 0 Å². The number of nitrogens with one attached hydrogen (secondary N) is 1. The average molecular weight is 395 g/mol. The molecule has 1 saturated heterocycles. The number of aryl methyl sites for hydroxylation is 1. The number of anilines is 1. The molecule has 1 aliphatic heterocycles. The van der Waals surface area contributed by atoms with Crippen LogP contribution < -0.4 is 5.32 Å². The maximum Gasteiger partial charge on any atom is 0.243 e. The number of nitrogens with zero attached hydrogens (tertiary/aromatic N) is 3. The Labute approximate surface area is 157 Å². The number of aromatic nitrogens is 2. The summed E-state index contributed by atoms with van der Waals surface area (Å²) in [5.74, 6) is -0.159. The van der Waals surface area contributed by atoms with Crippen molar-refractivity contribution in [3.05, 3.63) is 36.7 Å². The summed E-state index contributed by atoms with van der Waals surface area (Å²) in [5, 5.41) is 3.25. The van der Waals surface area contributed by atoms with Crippen LogP contribution in [0.3, 0.4) is 0 Å². The second kappa shape index (κ2) is 7.81. The predicted octanol–water partition coefficient (Wildman–Crippen LogP) is 2.32. The van der Waals surface area contributed by atoms with E-state index in [4.69, 9.17) is 0 Å². The van der Waals surface area contributed by atoms with E-state index in [-0.39, 0.29) is 16.1 Å². The van der Waals surface area contributed by atoms with Crippen LogP contribution in [0, 0.1) is 0 Å². The van der Waals surface area contributed by atoms with Crippen LogP contribution in [0.5, 0.6) is 0 Å². The SMILES string of the molecule is C[C@@H](Sc1nccn1C)C(=O)Nc1ccc(S(=O)(=O)N2CCCC2)cc1. The molecule has 1 aliphatic rings. The molecule has 0 radical (unpaired) electrons. The molecule has 0 saturated carbocycles. The molecule has 0 bridgehead atoms. The Bertz CT molecular complexity index is 872. The van der Waals surface area contributed by atoms with E-state index in [1.807, 2.05) is 17.8 Å². The van der Waals surface area contributed by atoms with Crippen molar-refractivity contribution in [2.24, 2.45) is 7.05 Å². The van der Waals surface area contributed by atoms with Crippen molar-refractivity contribution < 1.29 is 13.2 Å². The van der Waals surface area contributed by atoms with Crippen LogP contribution in [0.1, 0.15) is 19.8 Å². The molecule has 1 N–H and O–H groups in total. The van der Waals surface area contributed by atoms with E-state index < -0.39 is 10.0 Å². The van der Waals surface area contributed by atoms with Gasteiger partial charge in [0.1, 0.15) is 0 Å². The van der Waals surface area contributed by atoms with Gasteiger partial charge in [0.15, 0.2) is 5.16 Å². The average Bonchev–Trinajstić information content (AvgIpc) is 3.28. The molecule has 3 rings (SSSR count). The highest BCUT2D eigenvalue weighted by molar-refractivity contribution is 8.00. The zero-order chi connectivity index (χ0) is 18.7. The lowest BCUT2D eigenvalue weighted by Gasteiger charge is -2.16. The molecular formula is C17H22N4O3S2. The minimum Gasteiger partial charge on any atom is -0.329 e. The molecule has 1 amide bonds. The zero-order valence-corrected chi connectivity index (χ0v) is 16.4. The van der Waals surface area contributed by atoms with Gasteiger partial charge in [0.2, 0.25) is 15.9 Å². The summed E-state index contributed by atoms with van der Waals surface area (Å²) < 4.78 is 28.4. The van der Waals surface area contributed by atoms with Gasteiger partial charge in [-0.25, -0.2) is 13.4 Å². The number of hydrogen-bond donors (Lipinski definition) is 1. The third-order valence-electron chi connectivity index (χ3n) is 4.25. The van der Waals surface area contributed by atoms with Gasteiger partial charge in [0.25, 0.3) is 0 Å². The van der Waals surface area contributed by atoms with Crippen LogP contribution in [0.4, 0.5) is 5.69 Å². The molecule has 1 atom stereocenters. The lowest BCUT2D eigenvalue weighted by atomic mass is 10.3. The van der Waals surface area contributed by atoms with Crippen molar-refractivity contribution in [2.75, 3.05) is 18.4 Å². The van der Waals surface area contributed by atoms with Crippen molar-refractivity contribution in [1.29, 1.82) is 0 Å². The van der Waals surface area contributed by atoms with Gasteiger partial charge in [-0.05, 0) is 44.0 Å². The molecule has 7 nitrogen and oxygen atoms in total. The van der Waals surface area contributed by atoms with E-state index in [2.05, 4.69) is 10.3 Å². The highest BCUT2D eigenvalue weighted by Gasteiger charge is 2.27. The van der Waals surface area contributed by atoms with Crippen LogP contribution >= 0.6 is 11.8 Å². The molecule has 140 valence electrons. The largest absolute Gasteiger partial charge is 0.329 e. The van der Waals surface area contributed by atoms with Gasteiger partial charge in [-0.3, -0.25) is 4.79 Å². The van der Waals surface area contributed by atoms with Gasteiger partial charge in [-0.2, -0.15) is 4.31 Å². The molecule has 9 heteroatoms. The maximum absolute atomic E-state index is 12.5. The number of carbonyl (C=O) groups excluding carboxylic acids is 1. The van der Waals surface area contributed by atoms with E-state index in [1.54, 1.807) is 37.4 Å². The fourth-order valence-corrected chi connectivity index (χ4v) is 5.06. The van der Waals surface area contributed by atoms with Crippen molar-refractivity contribution in [3.8, 4) is 0 Å². The Morgan fingerprint density at radius 3 is 2.46 bits per heavy atom. The summed E-state index contributed by atoms with van der Waals surface area (Å²) in [7, 11) is -1.56. The van der Waals surface area contributed by atoms with Gasteiger partial charge >= 0.3 is 0 Å². The van der Waals surface area contributed by atoms with Gasteiger partial charge in [-0.1, -0.05) is 11.8 Å². The summed E-state index contributed by atoms with van der Waals surface area (Å²) in [6.07, 6.45) is 5.32. The smallest absolute Gasteiger partial charge is 0.243 e. The Hall–Kier alpha value is -1.84. The first-order chi connectivity index (χ1) is 12.4. The van der Waals surface area contributed by atoms with Crippen LogP contribution in [-0.4, -0.2) is 46.5 Å². The lowest BCUT2D eigenvalue weighted by Crippen LogP contribution is -2.27. The molecule has 0 aliphatic carbocycles. The highest BCUT2D eigenvalue weighted by atomic mass is 32.2. The van der Waals surface area contributed by atoms with Crippen molar-refractivity contribution >= 4 is 33.4 Å². The number of sulfonamides is 1. The van der Waals surface area contributed by atoms with Crippen LogP contribution in [0.2, 0.25) is 0 Å². The Kier molecular flexibility index (Phi) is 5.69. The van der Waals surface area contributed by atoms with E-state index in [9.17, 15) is 13.2 Å². The summed E-state index contributed by atoms with van der Waals surface area (Å²) >= 11 is 1.37. The second-order valence-corrected chi connectivity index (χ2v) is 9.45. The van der Waals surface area contributed by atoms with Crippen LogP contribution in [-0.2, 0) is 21.9 Å². The van der Waals surface area contributed by atoms with E-state index in [0.717, 1.165) is 18.0 Å². The van der Waals surface area contributed by atoms with Gasteiger partial charge in [0, 0.05) is 38.2 Å². The van der Waals surface area contributed by atoms with E-state index >= 15 is 0 Å². The minimum atomic E-state index is -3.43. The van der Waals surface area contributed by atoms with Crippen molar-refractivity contribution in [1.82, 2.24) is 13.9 Å². The standard InChI is InChI=1S/C17H22N4O3S2/c1-13(25-17-18-9-12-20(17)2)16(22)19-14-5-7-15(8-6-14)26(23,24)21-10-3-4-11-21/h5-9,12-13H,3-4,10-11H2,1-2H3,(H,19,22)/t13-/m1/s1. The number of benzene rings is 1. The second-order valence-electron chi connectivity index (χ2n) is 6.21. The molecule has 0 spiro atoms. The van der Waals surface area contributed by atoms with Crippen molar-refractivity contribution in [2.45, 2.75) is 35.1 Å². The van der Waals surface area contributed by atoms with Crippen LogP contribution in [0.25, 0.3) is 0 Å². The zero-order valence-electron chi connectivity index (χ0n) is 14.8. The number of imidazole rings is 1. The Balaban J connectivity index is 1.63. The Morgan fingerprint density at radius 2 is 1.88 bits per heavy atom. The van der Waals surface area contributed by atoms with Crippen LogP contribution in [0.15, 0.2) is 46.7 Å². The lowest BCUT2D eigenvalue weighted by molar-refractivity contribution is -0.115. The third kappa shape index (κ3) is 4.11. The highest BCUT2D eigenvalue weighted by Crippen LogP contribution is 2.24. The number of thioether (sulfide) groups is 1. The fraction of sp³-hybridized carbons (Fsp3) is 0.412. The molecule has 0 unspecified atom stereocenters. The van der Waals surface area contributed by atoms with E-state index in [1.165, 1.54) is 16.1 Å². The first kappa shape index (κ1) is 18.9. The number of carbonyl (C=O) groups is 1. The van der Waals surface area contributed by atoms with Crippen molar-refractivity contribution in [3.63, 3.8) is 0 Å². The monoisotopic (exact) mass is 394 g/mol. The quantitative estimate of drug-likeness (QED) is 0.760. The molecule has 1 aromatic carbocycles. The molecule has 1 fully saturated rings. The number of rotatable bonds is 6. The van der Waals surface area contributed by atoms with E-state index in [0.29, 0.717) is 18.8 Å². The number of amides is 1. The molecular weight excluding hydrogens is 372 g/mol. The topological polar surface area (TPSA) is 84.3 Å². The normalized spacial score (nSPS) is 16.5. The first-order valence-electron chi connectivity index (χ1n) is 8.43. The molecule has 26 heavy (non-hydrogen) atoms. The summed E-state index contributed by atoms with van der Waals surface area (Å²) in [5.41, 5.74) is 0.572. The first-order valence-corrected chi connectivity index (χ1v) is 10.7. The minimum absolute atomic E-state index is 0.159. The Morgan fingerprint density at radius 1 is 1.23 bits per heavy atom. The predicted molar refractivity (Wildman–Crippen MR) is 102 cm³/mol. The van der Waals surface area contributed by atoms with Gasteiger partial charge < -0.3 is 9.88 Å². The molecule has 2 aromatic rings. The molecule has 1 aromatic heterocycles. The maximum atomic E-state index is 12.5. The summed E-state index contributed by atoms with van der Waals surface area (Å²) in [4.78, 5) is 16.8. The summed E-state index contributed by atoms with van der Waals surface area (Å²) in [6.45, 7) is 2.95. The molecule has 2 heterocycles. The fourth-order valence-electron chi connectivity index (χ4n) is 2.71. The van der Waals surface area contributed by atoms with Gasteiger partial charge in [0.05, 0.1) is 10.1 Å². The summed E-state index contributed by atoms with van der Waals surface area (Å²) in [6, 6.07) is 6.33. The number of hydrogen-bond acceptors (Lipinski definition) is 5. The third-order valence-corrected chi connectivity index (χ3v) is 7.34.